The van der Waals surface area contributed by atoms with Gasteiger partial charge in [-0.25, -0.2) is 4.98 Å². The molecule has 0 bridgehead atoms. The fraction of sp³-hybridized carbons (Fsp3) is 0.308. The Kier molecular flexibility index (Phi) is 3.38. The predicted octanol–water partition coefficient (Wildman–Crippen LogP) is 3.92. The Morgan fingerprint density at radius 2 is 2.12 bits per heavy atom. The quantitative estimate of drug-likeness (QED) is 0.894. The van der Waals surface area contributed by atoms with Crippen LogP contribution < -0.4 is 5.32 Å². The van der Waals surface area contributed by atoms with E-state index in [1.165, 1.54) is 0 Å². The van der Waals surface area contributed by atoms with Crippen LogP contribution in [0.25, 0.3) is 0 Å². The third kappa shape index (κ3) is 2.61. The summed E-state index contributed by atoms with van der Waals surface area (Å²) in [5.74, 6) is 0.852. The number of anilines is 2. The van der Waals surface area contributed by atoms with Gasteiger partial charge in [0.25, 0.3) is 0 Å². The molecule has 3 nitrogen and oxygen atoms in total. The summed E-state index contributed by atoms with van der Waals surface area (Å²) in [6, 6.07) is 5.92. The molecule has 0 radical (unpaired) electrons. The standard InChI is InChI=1S/C13H16ClN3/c1-4-17-8-10(3)15-13(17)16-11-6-5-9(2)12(14)7-11/h5-8H,4H2,1-3H3,(H,15,16). The number of hydrogen-bond acceptors (Lipinski definition) is 2. The van der Waals surface area contributed by atoms with Crippen molar-refractivity contribution in [2.24, 2.45) is 0 Å². The van der Waals surface area contributed by atoms with Gasteiger partial charge in [-0.1, -0.05) is 17.7 Å². The summed E-state index contributed by atoms with van der Waals surface area (Å²) in [6.07, 6.45) is 2.03. The Balaban J connectivity index is 2.27. The van der Waals surface area contributed by atoms with Crippen molar-refractivity contribution in [3.05, 3.63) is 40.7 Å². The molecule has 0 spiro atoms. The first kappa shape index (κ1) is 12.0. The molecule has 0 amide bonds. The first-order valence-corrected chi connectivity index (χ1v) is 6.05. The third-order valence-electron chi connectivity index (χ3n) is 2.67. The number of halogens is 1. The van der Waals surface area contributed by atoms with Crippen LogP contribution in [0.5, 0.6) is 0 Å². The van der Waals surface area contributed by atoms with E-state index in [0.29, 0.717) is 0 Å². The minimum Gasteiger partial charge on any atom is -0.326 e. The van der Waals surface area contributed by atoms with E-state index in [2.05, 4.69) is 21.8 Å². The predicted molar refractivity (Wildman–Crippen MR) is 72.1 cm³/mol. The third-order valence-corrected chi connectivity index (χ3v) is 3.07. The highest BCUT2D eigenvalue weighted by Gasteiger charge is 2.05. The smallest absolute Gasteiger partial charge is 0.207 e. The van der Waals surface area contributed by atoms with Gasteiger partial charge in [-0.3, -0.25) is 0 Å². The van der Waals surface area contributed by atoms with Crippen molar-refractivity contribution < 1.29 is 0 Å². The fourth-order valence-electron chi connectivity index (χ4n) is 1.69. The van der Waals surface area contributed by atoms with Crippen LogP contribution in [0.15, 0.2) is 24.4 Å². The van der Waals surface area contributed by atoms with E-state index in [4.69, 9.17) is 11.6 Å². The molecule has 2 aromatic rings. The Bertz CT molecular complexity index is 531. The van der Waals surface area contributed by atoms with Gasteiger partial charge in [0.2, 0.25) is 5.95 Å². The molecule has 0 saturated carbocycles. The van der Waals surface area contributed by atoms with E-state index in [-0.39, 0.29) is 0 Å². The van der Waals surface area contributed by atoms with E-state index in [1.54, 1.807) is 0 Å². The Morgan fingerprint density at radius 3 is 2.76 bits per heavy atom. The zero-order valence-electron chi connectivity index (χ0n) is 10.3. The average molecular weight is 250 g/mol. The van der Waals surface area contributed by atoms with Crippen LogP contribution in [0.2, 0.25) is 5.02 Å². The van der Waals surface area contributed by atoms with Crippen LogP contribution in [-0.4, -0.2) is 9.55 Å². The number of benzene rings is 1. The van der Waals surface area contributed by atoms with Gasteiger partial charge in [-0.15, -0.1) is 0 Å². The maximum atomic E-state index is 6.09. The Morgan fingerprint density at radius 1 is 1.35 bits per heavy atom. The van der Waals surface area contributed by atoms with Crippen LogP contribution in [-0.2, 0) is 6.54 Å². The van der Waals surface area contributed by atoms with E-state index in [1.807, 2.05) is 38.2 Å². The normalized spacial score (nSPS) is 10.6. The SMILES string of the molecule is CCn1cc(C)nc1Nc1ccc(C)c(Cl)c1. The van der Waals surface area contributed by atoms with Gasteiger partial charge in [0.05, 0.1) is 5.69 Å². The second-order valence-electron chi connectivity index (χ2n) is 4.08. The second-order valence-corrected chi connectivity index (χ2v) is 4.49. The molecule has 0 aliphatic rings. The lowest BCUT2D eigenvalue weighted by molar-refractivity contribution is 0.771. The molecule has 90 valence electrons. The highest BCUT2D eigenvalue weighted by atomic mass is 35.5. The van der Waals surface area contributed by atoms with Crippen LogP contribution in [0, 0.1) is 13.8 Å². The zero-order valence-corrected chi connectivity index (χ0v) is 11.0. The molecule has 1 aromatic heterocycles. The van der Waals surface area contributed by atoms with Gasteiger partial charge < -0.3 is 9.88 Å². The van der Waals surface area contributed by atoms with Gasteiger partial charge in [0.15, 0.2) is 0 Å². The van der Waals surface area contributed by atoms with E-state index < -0.39 is 0 Å². The van der Waals surface area contributed by atoms with Crippen molar-refractivity contribution in [1.29, 1.82) is 0 Å². The highest BCUT2D eigenvalue weighted by Crippen LogP contribution is 2.22. The number of imidazole rings is 1. The van der Waals surface area contributed by atoms with Crippen molar-refractivity contribution in [3.63, 3.8) is 0 Å². The van der Waals surface area contributed by atoms with E-state index in [0.717, 1.165) is 34.5 Å². The lowest BCUT2D eigenvalue weighted by Gasteiger charge is -2.08. The summed E-state index contributed by atoms with van der Waals surface area (Å²) in [4.78, 5) is 4.44. The first-order valence-electron chi connectivity index (χ1n) is 5.67. The number of aryl methyl sites for hydroxylation is 3. The molecule has 0 atom stereocenters. The number of hydrogen-bond donors (Lipinski definition) is 1. The van der Waals surface area contributed by atoms with E-state index in [9.17, 15) is 0 Å². The lowest BCUT2D eigenvalue weighted by atomic mass is 10.2. The van der Waals surface area contributed by atoms with Crippen molar-refractivity contribution in [3.8, 4) is 0 Å². The van der Waals surface area contributed by atoms with Crippen molar-refractivity contribution in [2.45, 2.75) is 27.3 Å². The number of aromatic nitrogens is 2. The molecule has 1 aromatic carbocycles. The molecule has 0 unspecified atom stereocenters. The maximum absolute atomic E-state index is 6.09. The first-order chi connectivity index (χ1) is 8.10. The van der Waals surface area contributed by atoms with Crippen LogP contribution >= 0.6 is 11.6 Å². The minimum atomic E-state index is 0.765. The molecule has 0 fully saturated rings. The highest BCUT2D eigenvalue weighted by molar-refractivity contribution is 6.31. The van der Waals surface area contributed by atoms with Crippen LogP contribution in [0.3, 0.4) is 0 Å². The summed E-state index contributed by atoms with van der Waals surface area (Å²) < 4.78 is 2.07. The second kappa shape index (κ2) is 4.80. The summed E-state index contributed by atoms with van der Waals surface area (Å²) in [7, 11) is 0. The Labute approximate surface area is 106 Å². The summed E-state index contributed by atoms with van der Waals surface area (Å²) in [5.41, 5.74) is 3.04. The van der Waals surface area contributed by atoms with Gasteiger partial charge in [-0.2, -0.15) is 0 Å². The molecule has 1 N–H and O–H groups in total. The zero-order chi connectivity index (χ0) is 12.4. The monoisotopic (exact) mass is 249 g/mol. The topological polar surface area (TPSA) is 29.9 Å². The van der Waals surface area contributed by atoms with E-state index >= 15 is 0 Å². The summed E-state index contributed by atoms with van der Waals surface area (Å²) in [6.45, 7) is 6.96. The summed E-state index contributed by atoms with van der Waals surface area (Å²) in [5, 5.41) is 4.04. The van der Waals surface area contributed by atoms with Crippen LogP contribution in [0.4, 0.5) is 11.6 Å². The number of rotatable bonds is 3. The molecule has 0 aliphatic heterocycles. The molecule has 0 saturated heterocycles. The Hall–Kier alpha value is -1.48. The van der Waals surface area contributed by atoms with Crippen molar-refractivity contribution in [1.82, 2.24) is 9.55 Å². The number of nitrogens with one attached hydrogen (secondary N) is 1. The molecular formula is C13H16ClN3. The largest absolute Gasteiger partial charge is 0.326 e. The van der Waals surface area contributed by atoms with Gasteiger partial charge in [0, 0.05) is 23.5 Å². The van der Waals surface area contributed by atoms with Crippen LogP contribution in [0.1, 0.15) is 18.2 Å². The maximum Gasteiger partial charge on any atom is 0.207 e. The molecule has 0 aliphatic carbocycles. The van der Waals surface area contributed by atoms with Gasteiger partial charge >= 0.3 is 0 Å². The minimum absolute atomic E-state index is 0.765. The molecule has 2 rings (SSSR count). The molecule has 1 heterocycles. The molecule has 17 heavy (non-hydrogen) atoms. The molecular weight excluding hydrogens is 234 g/mol. The fourth-order valence-corrected chi connectivity index (χ4v) is 1.87. The summed E-state index contributed by atoms with van der Waals surface area (Å²) >= 11 is 6.09. The lowest BCUT2D eigenvalue weighted by Crippen LogP contribution is -2.01. The van der Waals surface area contributed by atoms with Crippen molar-refractivity contribution in [2.75, 3.05) is 5.32 Å². The molecule has 4 heteroatoms. The van der Waals surface area contributed by atoms with Crippen molar-refractivity contribution >= 4 is 23.2 Å². The van der Waals surface area contributed by atoms with Gasteiger partial charge in [0.1, 0.15) is 0 Å². The average Bonchev–Trinajstić information content (AvgIpc) is 2.64. The number of nitrogens with zero attached hydrogens (tertiary/aromatic N) is 2. The van der Waals surface area contributed by atoms with Gasteiger partial charge in [-0.05, 0) is 38.5 Å².